The maximum Gasteiger partial charge on any atom is 0.232 e. The maximum atomic E-state index is 5.81. The van der Waals surface area contributed by atoms with E-state index in [1.165, 1.54) is 0 Å². The van der Waals surface area contributed by atoms with Crippen molar-refractivity contribution in [2.75, 3.05) is 16.8 Å². The number of benzene rings is 1. The summed E-state index contributed by atoms with van der Waals surface area (Å²) in [6.07, 6.45) is 0. The minimum absolute atomic E-state index is 0.194. The van der Waals surface area contributed by atoms with Crippen LogP contribution in [-0.4, -0.2) is 30.9 Å². The first-order valence-electron chi connectivity index (χ1n) is 8.00. The number of nitrogens with zero attached hydrogens (tertiary/aromatic N) is 5. The van der Waals surface area contributed by atoms with Crippen LogP contribution in [-0.2, 0) is 5.75 Å². The number of anilines is 3. The third kappa shape index (κ3) is 5.82. The van der Waals surface area contributed by atoms with Gasteiger partial charge in [-0.1, -0.05) is 66.9 Å². The number of rotatable bonds is 8. The molecule has 2 heterocycles. The molecule has 0 amide bonds. The third-order valence-corrected chi connectivity index (χ3v) is 6.59. The Morgan fingerprint density at radius 1 is 1.04 bits per heavy atom. The van der Waals surface area contributed by atoms with Crippen molar-refractivity contribution in [2.24, 2.45) is 5.92 Å². The minimum Gasteiger partial charge on any atom is -0.368 e. The number of nitrogen functional groups attached to an aromatic ring is 1. The zero-order valence-corrected chi connectivity index (χ0v) is 16.9. The molecule has 26 heavy (non-hydrogen) atoms. The molecule has 0 radical (unpaired) electrons. The van der Waals surface area contributed by atoms with Crippen molar-refractivity contribution < 1.29 is 0 Å². The van der Waals surface area contributed by atoms with Crippen molar-refractivity contribution in [3.8, 4) is 0 Å². The predicted molar refractivity (Wildman–Crippen MR) is 109 cm³/mol. The first-order valence-corrected chi connectivity index (χ1v) is 10.8. The van der Waals surface area contributed by atoms with E-state index < -0.39 is 0 Å². The van der Waals surface area contributed by atoms with Gasteiger partial charge in [-0.05, 0) is 18.1 Å². The highest BCUT2D eigenvalue weighted by atomic mass is 32.2. The van der Waals surface area contributed by atoms with Crippen molar-refractivity contribution in [3.63, 3.8) is 0 Å². The van der Waals surface area contributed by atoms with Gasteiger partial charge in [0.25, 0.3) is 0 Å². The summed E-state index contributed by atoms with van der Waals surface area (Å²) in [6, 6.07) is 9.70. The number of thioether (sulfide) groups is 2. The molecule has 7 nitrogen and oxygen atoms in total. The summed E-state index contributed by atoms with van der Waals surface area (Å²) in [7, 11) is 0. The first-order chi connectivity index (χ1) is 12.6. The number of para-hydroxylation sites is 1. The smallest absolute Gasteiger partial charge is 0.232 e. The van der Waals surface area contributed by atoms with Crippen LogP contribution in [0.25, 0.3) is 0 Å². The Balaban J connectivity index is 1.61. The van der Waals surface area contributed by atoms with Crippen LogP contribution >= 0.6 is 34.9 Å². The summed E-state index contributed by atoms with van der Waals surface area (Å²) in [5.74, 6) is 3.46. The van der Waals surface area contributed by atoms with Gasteiger partial charge in [-0.3, -0.25) is 0 Å². The molecule has 136 valence electrons. The van der Waals surface area contributed by atoms with Gasteiger partial charge in [0.2, 0.25) is 11.9 Å². The molecular formula is C16H19N7S3. The van der Waals surface area contributed by atoms with E-state index in [1.807, 2.05) is 30.3 Å². The van der Waals surface area contributed by atoms with Gasteiger partial charge >= 0.3 is 0 Å². The van der Waals surface area contributed by atoms with Gasteiger partial charge in [0, 0.05) is 11.4 Å². The second kappa shape index (κ2) is 9.15. The highest BCUT2D eigenvalue weighted by Crippen LogP contribution is 2.31. The van der Waals surface area contributed by atoms with Gasteiger partial charge in [-0.15, -0.1) is 10.2 Å². The van der Waals surface area contributed by atoms with Crippen molar-refractivity contribution in [1.29, 1.82) is 0 Å². The zero-order valence-electron chi connectivity index (χ0n) is 14.4. The predicted octanol–water partition coefficient (Wildman–Crippen LogP) is 4.09. The molecule has 0 bridgehead atoms. The number of nitrogens with two attached hydrogens (primary N) is 1. The third-order valence-electron chi connectivity index (χ3n) is 2.98. The van der Waals surface area contributed by atoms with Gasteiger partial charge in [-0.2, -0.15) is 15.0 Å². The Kier molecular flexibility index (Phi) is 6.64. The lowest BCUT2D eigenvalue weighted by Crippen LogP contribution is -2.06. The van der Waals surface area contributed by atoms with Gasteiger partial charge in [-0.25, -0.2) is 0 Å². The molecule has 0 saturated carbocycles. The molecule has 3 aromatic rings. The second-order valence-corrected chi connectivity index (χ2v) is 9.22. The molecule has 10 heteroatoms. The molecule has 3 N–H and O–H groups in total. The molecule has 2 aromatic heterocycles. The lowest BCUT2D eigenvalue weighted by molar-refractivity contribution is 0.749. The van der Waals surface area contributed by atoms with Crippen LogP contribution in [0.5, 0.6) is 0 Å². The van der Waals surface area contributed by atoms with Crippen LogP contribution in [0.4, 0.5) is 17.6 Å². The summed E-state index contributed by atoms with van der Waals surface area (Å²) in [5, 5.41) is 11.6. The lowest BCUT2D eigenvalue weighted by Gasteiger charge is -2.06. The summed E-state index contributed by atoms with van der Waals surface area (Å²) in [5.41, 5.74) is 6.71. The van der Waals surface area contributed by atoms with Crippen molar-refractivity contribution in [1.82, 2.24) is 25.1 Å². The normalized spacial score (nSPS) is 11.0. The first kappa shape index (κ1) is 18.9. The van der Waals surface area contributed by atoms with E-state index in [0.717, 1.165) is 20.1 Å². The fourth-order valence-corrected chi connectivity index (χ4v) is 4.74. The fourth-order valence-electron chi connectivity index (χ4n) is 1.89. The standard InChI is InChI=1S/C16H19N7S3/c1-10(2)8-24-15-22-23-16(26-15)25-9-12-19-13(17)21-14(20-12)18-11-6-4-3-5-7-11/h3-7,10H,8-9H2,1-2H3,(H3,17,18,19,20,21). The van der Waals surface area contributed by atoms with Gasteiger partial charge in [0.15, 0.2) is 8.68 Å². The van der Waals surface area contributed by atoms with E-state index >= 15 is 0 Å². The van der Waals surface area contributed by atoms with E-state index in [9.17, 15) is 0 Å². The van der Waals surface area contributed by atoms with Crippen LogP contribution < -0.4 is 11.1 Å². The van der Waals surface area contributed by atoms with Gasteiger partial charge in [0.1, 0.15) is 5.82 Å². The molecule has 0 saturated heterocycles. The molecule has 0 aliphatic carbocycles. The van der Waals surface area contributed by atoms with Crippen LogP contribution in [0, 0.1) is 5.92 Å². The van der Waals surface area contributed by atoms with Gasteiger partial charge < -0.3 is 11.1 Å². The largest absolute Gasteiger partial charge is 0.368 e. The van der Waals surface area contributed by atoms with E-state index in [2.05, 4.69) is 44.3 Å². The summed E-state index contributed by atoms with van der Waals surface area (Å²) in [4.78, 5) is 12.8. The lowest BCUT2D eigenvalue weighted by atomic mass is 10.3. The van der Waals surface area contributed by atoms with E-state index in [4.69, 9.17) is 5.73 Å². The molecule has 0 spiro atoms. The second-order valence-electron chi connectivity index (χ2n) is 5.75. The quantitative estimate of drug-likeness (QED) is 0.536. The Labute approximate surface area is 164 Å². The van der Waals surface area contributed by atoms with Crippen LogP contribution in [0.3, 0.4) is 0 Å². The Bertz CT molecular complexity index is 839. The van der Waals surface area contributed by atoms with E-state index in [1.54, 1.807) is 34.9 Å². The highest BCUT2D eigenvalue weighted by Gasteiger charge is 2.10. The summed E-state index contributed by atoms with van der Waals surface area (Å²) >= 11 is 4.88. The molecule has 1 aromatic carbocycles. The van der Waals surface area contributed by atoms with Crippen LogP contribution in [0.2, 0.25) is 0 Å². The summed E-state index contributed by atoms with van der Waals surface area (Å²) in [6.45, 7) is 4.38. The number of nitrogens with one attached hydrogen (secondary N) is 1. The topological polar surface area (TPSA) is 102 Å². The highest BCUT2D eigenvalue weighted by molar-refractivity contribution is 8.02. The molecular weight excluding hydrogens is 386 g/mol. The molecule has 0 aliphatic heterocycles. The zero-order chi connectivity index (χ0) is 18.4. The molecule has 0 fully saturated rings. The average molecular weight is 406 g/mol. The van der Waals surface area contributed by atoms with Gasteiger partial charge in [0.05, 0.1) is 5.75 Å². The van der Waals surface area contributed by atoms with E-state index in [-0.39, 0.29) is 5.95 Å². The SMILES string of the molecule is CC(C)CSc1nnc(SCc2nc(N)nc(Nc3ccccc3)n2)s1. The summed E-state index contributed by atoms with van der Waals surface area (Å²) < 4.78 is 1.88. The molecule has 0 unspecified atom stereocenters. The number of aromatic nitrogens is 5. The Morgan fingerprint density at radius 3 is 2.50 bits per heavy atom. The monoisotopic (exact) mass is 405 g/mol. The van der Waals surface area contributed by atoms with Crippen molar-refractivity contribution >= 4 is 52.4 Å². The Hall–Kier alpha value is -1.91. The molecule has 0 atom stereocenters. The minimum atomic E-state index is 0.194. The van der Waals surface area contributed by atoms with Crippen LogP contribution in [0.15, 0.2) is 39.0 Å². The average Bonchev–Trinajstić information content (AvgIpc) is 3.07. The Morgan fingerprint density at radius 2 is 1.77 bits per heavy atom. The number of hydrogen-bond acceptors (Lipinski definition) is 10. The molecule has 0 aliphatic rings. The van der Waals surface area contributed by atoms with Crippen molar-refractivity contribution in [3.05, 3.63) is 36.2 Å². The van der Waals surface area contributed by atoms with E-state index in [0.29, 0.717) is 23.4 Å². The molecule has 3 rings (SSSR count). The van der Waals surface area contributed by atoms with Crippen LogP contribution in [0.1, 0.15) is 19.7 Å². The number of hydrogen-bond donors (Lipinski definition) is 2. The fraction of sp³-hybridized carbons (Fsp3) is 0.312. The van der Waals surface area contributed by atoms with Crippen molar-refractivity contribution in [2.45, 2.75) is 28.3 Å². The maximum absolute atomic E-state index is 5.81.